The molecule has 0 bridgehead atoms. The third kappa shape index (κ3) is 5.96. The van der Waals surface area contributed by atoms with Gasteiger partial charge < -0.3 is 5.11 Å². The van der Waals surface area contributed by atoms with E-state index in [1.54, 1.807) is 0 Å². The van der Waals surface area contributed by atoms with Crippen LogP contribution in [0.25, 0.3) is 0 Å². The van der Waals surface area contributed by atoms with Crippen LogP contribution in [0.3, 0.4) is 0 Å². The smallest absolute Gasteiger partial charge is 0.0597 e. The highest BCUT2D eigenvalue weighted by Gasteiger charge is 2.13. The Bertz CT molecular complexity index is 59.3. The van der Waals surface area contributed by atoms with Gasteiger partial charge in [-0.2, -0.15) is 0 Å². The maximum Gasteiger partial charge on any atom is 0.0597 e. The van der Waals surface area contributed by atoms with Gasteiger partial charge in [-0.3, -0.25) is 0 Å². The topological polar surface area (TPSA) is 20.2 Å². The predicted octanol–water partition coefficient (Wildman–Crippen LogP) is 1.76. The summed E-state index contributed by atoms with van der Waals surface area (Å²) in [6.07, 6.45) is 0.799. The number of rotatable bonds is 2. The van der Waals surface area contributed by atoms with Crippen LogP contribution in [0.15, 0.2) is 0 Å². The summed E-state index contributed by atoms with van der Waals surface area (Å²) in [5, 5.41) is 9.17. The molecule has 49 valence electrons. The van der Waals surface area contributed by atoms with Gasteiger partial charge >= 0.3 is 0 Å². The molecule has 0 saturated carbocycles. The van der Waals surface area contributed by atoms with Gasteiger partial charge in [0.05, 0.1) is 5.60 Å². The Hall–Kier alpha value is -0.0400. The van der Waals surface area contributed by atoms with Crippen molar-refractivity contribution in [3.63, 3.8) is 0 Å². The molecule has 0 aliphatic carbocycles. The quantitative estimate of drug-likeness (QED) is 0.581. The predicted molar refractivity (Wildman–Crippen MR) is 35.5 cm³/mol. The molecule has 0 aromatic rings. The molecule has 0 fully saturated rings. The van der Waals surface area contributed by atoms with Crippen molar-refractivity contribution in [3.8, 4) is 0 Å². The van der Waals surface area contributed by atoms with E-state index in [-0.39, 0.29) is 0 Å². The summed E-state index contributed by atoms with van der Waals surface area (Å²) in [6, 6.07) is 0. The second-order valence-corrected chi connectivity index (χ2v) is 3.20. The fourth-order valence-electron chi connectivity index (χ4n) is 0.865. The molecule has 0 aromatic carbocycles. The number of aliphatic hydroxyl groups is 1. The van der Waals surface area contributed by atoms with Crippen LogP contribution < -0.4 is 0 Å². The molecule has 0 saturated heterocycles. The molecule has 1 N–H and O–H groups in total. The highest BCUT2D eigenvalue weighted by molar-refractivity contribution is 4.84. The Kier molecular flexibility index (Phi) is 2.48. The van der Waals surface area contributed by atoms with E-state index in [9.17, 15) is 0 Å². The molecule has 0 heterocycles. The van der Waals surface area contributed by atoms with Crippen molar-refractivity contribution < 1.29 is 5.11 Å². The Labute approximate surface area is 51.7 Å². The van der Waals surface area contributed by atoms with E-state index in [0.29, 0.717) is 0 Å². The lowest BCUT2D eigenvalue weighted by molar-refractivity contribution is 0.0756. The lowest BCUT2D eigenvalue weighted by Crippen LogP contribution is -2.19. The third-order valence-electron chi connectivity index (χ3n) is 0.786. The molecule has 0 rings (SSSR count). The molecule has 0 aliphatic rings. The van der Waals surface area contributed by atoms with Gasteiger partial charge in [0, 0.05) is 0 Å². The summed E-state index contributed by atoms with van der Waals surface area (Å²) in [5.41, 5.74) is -0.515. The second kappa shape index (κ2) is 2.49. The van der Waals surface area contributed by atoms with Gasteiger partial charge in [0.1, 0.15) is 0 Å². The van der Waals surface area contributed by atoms with E-state index in [1.807, 2.05) is 27.7 Å². The maximum atomic E-state index is 9.17. The van der Waals surface area contributed by atoms with Crippen LogP contribution in [0.1, 0.15) is 34.1 Å². The normalized spacial score (nSPS) is 12.8. The average molecular weight is 115 g/mol. The van der Waals surface area contributed by atoms with E-state index in [4.69, 9.17) is 5.11 Å². The van der Waals surface area contributed by atoms with Crippen molar-refractivity contribution in [1.29, 1.82) is 0 Å². The van der Waals surface area contributed by atoms with Crippen molar-refractivity contribution in [2.75, 3.05) is 0 Å². The van der Waals surface area contributed by atoms with Gasteiger partial charge in [-0.25, -0.2) is 0 Å². The standard InChI is InChI=1S/C7H15O/c1-6(2)5-7(3,4)8/h8H,5H2,1-4H3. The first-order valence-electron chi connectivity index (χ1n) is 2.93. The van der Waals surface area contributed by atoms with Crippen LogP contribution in [0.2, 0.25) is 0 Å². The summed E-state index contributed by atoms with van der Waals surface area (Å²) in [7, 11) is 0. The van der Waals surface area contributed by atoms with Crippen molar-refractivity contribution in [1.82, 2.24) is 0 Å². The Morgan fingerprint density at radius 3 is 1.75 bits per heavy atom. The Balaban J connectivity index is 3.39. The molecular formula is C7H15O. The van der Waals surface area contributed by atoms with Crippen LogP contribution in [-0.2, 0) is 0 Å². The maximum absolute atomic E-state index is 9.17. The van der Waals surface area contributed by atoms with E-state index in [0.717, 1.165) is 6.42 Å². The first-order valence-corrected chi connectivity index (χ1v) is 2.93. The summed E-state index contributed by atoms with van der Waals surface area (Å²) >= 11 is 0. The molecule has 0 unspecified atom stereocenters. The van der Waals surface area contributed by atoms with Crippen LogP contribution >= 0.6 is 0 Å². The average Bonchev–Trinajstić information content (AvgIpc) is 1.21. The SMILES string of the molecule is C[C](C)CC(C)(C)O. The minimum absolute atomic E-state index is 0.515. The fraction of sp³-hybridized carbons (Fsp3) is 0.857. The summed E-state index contributed by atoms with van der Waals surface area (Å²) in [6.45, 7) is 7.69. The van der Waals surface area contributed by atoms with Crippen molar-refractivity contribution >= 4 is 0 Å². The van der Waals surface area contributed by atoms with Crippen LogP contribution in [0.5, 0.6) is 0 Å². The monoisotopic (exact) mass is 115 g/mol. The highest BCUT2D eigenvalue weighted by Crippen LogP contribution is 2.15. The van der Waals surface area contributed by atoms with Gasteiger partial charge in [0.25, 0.3) is 0 Å². The Morgan fingerprint density at radius 1 is 1.38 bits per heavy atom. The van der Waals surface area contributed by atoms with E-state index in [2.05, 4.69) is 0 Å². The molecule has 1 nitrogen and oxygen atoms in total. The van der Waals surface area contributed by atoms with Crippen molar-refractivity contribution in [2.45, 2.75) is 39.7 Å². The first-order chi connectivity index (χ1) is 3.42. The van der Waals surface area contributed by atoms with Gasteiger partial charge in [0.2, 0.25) is 0 Å². The van der Waals surface area contributed by atoms with Crippen molar-refractivity contribution in [2.24, 2.45) is 0 Å². The lowest BCUT2D eigenvalue weighted by Gasteiger charge is -2.18. The van der Waals surface area contributed by atoms with E-state index >= 15 is 0 Å². The van der Waals surface area contributed by atoms with Crippen LogP contribution in [0, 0.1) is 5.92 Å². The molecule has 0 atom stereocenters. The zero-order chi connectivity index (χ0) is 6.78. The van der Waals surface area contributed by atoms with Gasteiger partial charge in [-0.15, -0.1) is 0 Å². The first kappa shape index (κ1) is 7.96. The second-order valence-electron chi connectivity index (χ2n) is 3.20. The molecule has 0 amide bonds. The molecule has 1 radical (unpaired) electrons. The molecule has 0 aromatic heterocycles. The van der Waals surface area contributed by atoms with E-state index in [1.165, 1.54) is 5.92 Å². The third-order valence-corrected chi connectivity index (χ3v) is 0.786. The zero-order valence-electron chi connectivity index (χ0n) is 6.15. The van der Waals surface area contributed by atoms with E-state index < -0.39 is 5.60 Å². The molecule has 0 spiro atoms. The fourth-order valence-corrected chi connectivity index (χ4v) is 0.865. The largest absolute Gasteiger partial charge is 0.390 e. The number of hydrogen-bond acceptors (Lipinski definition) is 1. The van der Waals surface area contributed by atoms with Crippen molar-refractivity contribution in [3.05, 3.63) is 5.92 Å². The van der Waals surface area contributed by atoms with Crippen LogP contribution in [-0.4, -0.2) is 10.7 Å². The lowest BCUT2D eigenvalue weighted by atomic mass is 9.97. The summed E-state index contributed by atoms with van der Waals surface area (Å²) in [5.74, 6) is 1.28. The zero-order valence-corrected chi connectivity index (χ0v) is 6.15. The highest BCUT2D eigenvalue weighted by atomic mass is 16.3. The van der Waals surface area contributed by atoms with Gasteiger partial charge in [0.15, 0.2) is 0 Å². The molecular weight excluding hydrogens is 100 g/mol. The Morgan fingerprint density at radius 2 is 1.75 bits per heavy atom. The molecule has 1 heteroatoms. The van der Waals surface area contributed by atoms with Crippen LogP contribution in [0.4, 0.5) is 0 Å². The minimum Gasteiger partial charge on any atom is -0.390 e. The summed E-state index contributed by atoms with van der Waals surface area (Å²) in [4.78, 5) is 0. The number of hydrogen-bond donors (Lipinski definition) is 1. The molecule has 8 heavy (non-hydrogen) atoms. The van der Waals surface area contributed by atoms with Gasteiger partial charge in [-0.05, 0) is 26.2 Å². The summed E-state index contributed by atoms with van der Waals surface area (Å²) < 4.78 is 0. The molecule has 0 aliphatic heterocycles. The minimum atomic E-state index is -0.515. The van der Waals surface area contributed by atoms with Gasteiger partial charge in [-0.1, -0.05) is 13.8 Å².